The van der Waals surface area contributed by atoms with Gasteiger partial charge in [-0.1, -0.05) is 11.6 Å². The van der Waals surface area contributed by atoms with E-state index in [9.17, 15) is 4.79 Å². The molecule has 0 bridgehead atoms. The first-order chi connectivity index (χ1) is 16.1. The van der Waals surface area contributed by atoms with Crippen LogP contribution in [-0.4, -0.2) is 62.1 Å². The van der Waals surface area contributed by atoms with Gasteiger partial charge in [0.2, 0.25) is 0 Å². The number of aromatic nitrogens is 6. The Kier molecular flexibility index (Phi) is 5.89. The van der Waals surface area contributed by atoms with Gasteiger partial charge in [-0.15, -0.1) is 4.80 Å². The van der Waals surface area contributed by atoms with Crippen molar-refractivity contribution in [3.05, 3.63) is 76.8 Å². The lowest BCUT2D eigenvalue weighted by molar-refractivity contribution is 0.0940. The van der Waals surface area contributed by atoms with Gasteiger partial charge in [0.15, 0.2) is 6.29 Å². The van der Waals surface area contributed by atoms with E-state index in [4.69, 9.17) is 16.3 Å². The van der Waals surface area contributed by atoms with Crippen LogP contribution in [0, 0.1) is 6.92 Å². The van der Waals surface area contributed by atoms with E-state index in [1.54, 1.807) is 29.6 Å². The van der Waals surface area contributed by atoms with Crippen LogP contribution in [-0.2, 0) is 11.2 Å². The predicted octanol–water partition coefficient (Wildman–Crippen LogP) is 3.07. The first kappa shape index (κ1) is 21.3. The van der Waals surface area contributed by atoms with Crippen LogP contribution in [0.1, 0.15) is 21.5 Å². The SMILES string of the molecule is Cc1cc(C=O)c(-n2nccn2)c(N2CCOC[C@H]2Cc2cc(-n3nccn3)ccc2Cl)c1. The first-order valence-electron chi connectivity index (χ1n) is 10.6. The molecule has 3 heterocycles. The molecular weight excluding hydrogens is 442 g/mol. The van der Waals surface area contributed by atoms with E-state index in [0.717, 1.165) is 28.8 Å². The van der Waals surface area contributed by atoms with Gasteiger partial charge in [-0.05, 0) is 54.8 Å². The van der Waals surface area contributed by atoms with Crippen LogP contribution in [0.15, 0.2) is 55.1 Å². The Morgan fingerprint density at radius 2 is 1.79 bits per heavy atom. The summed E-state index contributed by atoms with van der Waals surface area (Å²) < 4.78 is 5.84. The third-order valence-corrected chi connectivity index (χ3v) is 6.05. The van der Waals surface area contributed by atoms with Gasteiger partial charge in [0, 0.05) is 17.1 Å². The maximum absolute atomic E-state index is 11.9. The number of halogens is 1. The van der Waals surface area contributed by atoms with Gasteiger partial charge in [-0.3, -0.25) is 4.79 Å². The summed E-state index contributed by atoms with van der Waals surface area (Å²) in [6.45, 7) is 3.75. The average Bonchev–Trinajstić information content (AvgIpc) is 3.55. The highest BCUT2D eigenvalue weighted by Crippen LogP contribution is 2.32. The topological polar surface area (TPSA) is 91.0 Å². The summed E-state index contributed by atoms with van der Waals surface area (Å²) in [7, 11) is 0. The number of aryl methyl sites for hydroxylation is 1. The van der Waals surface area contributed by atoms with Crippen molar-refractivity contribution in [1.82, 2.24) is 30.0 Å². The van der Waals surface area contributed by atoms with Gasteiger partial charge in [-0.25, -0.2) is 0 Å². The van der Waals surface area contributed by atoms with Crippen LogP contribution >= 0.6 is 11.6 Å². The molecular formula is C23H22ClN7O2. The molecule has 168 valence electrons. The number of carbonyl (C=O) groups is 1. The Balaban J connectivity index is 1.54. The number of hydrogen-bond donors (Lipinski definition) is 0. The van der Waals surface area contributed by atoms with E-state index in [2.05, 4.69) is 31.4 Å². The summed E-state index contributed by atoms with van der Waals surface area (Å²) in [5.74, 6) is 0. The van der Waals surface area contributed by atoms with Crippen LogP contribution in [0.3, 0.4) is 0 Å². The molecule has 2 aromatic heterocycles. The zero-order chi connectivity index (χ0) is 22.8. The van der Waals surface area contributed by atoms with Gasteiger partial charge in [0.25, 0.3) is 0 Å². The Morgan fingerprint density at radius 1 is 1.06 bits per heavy atom. The second-order valence-corrected chi connectivity index (χ2v) is 8.29. The Bertz CT molecular complexity index is 1260. The summed E-state index contributed by atoms with van der Waals surface area (Å²) in [5.41, 5.74) is 4.88. The molecule has 0 unspecified atom stereocenters. The molecule has 4 aromatic rings. The Labute approximate surface area is 195 Å². The molecule has 0 N–H and O–H groups in total. The van der Waals surface area contributed by atoms with Crippen LogP contribution < -0.4 is 4.90 Å². The van der Waals surface area contributed by atoms with Crippen molar-refractivity contribution in [3.63, 3.8) is 0 Å². The predicted molar refractivity (Wildman–Crippen MR) is 124 cm³/mol. The maximum Gasteiger partial charge on any atom is 0.152 e. The standard InChI is InChI=1S/C23H22ClN7O2/c1-16-10-18(14-32)23(31-27-6-7-28-31)22(11-16)29-8-9-33-15-20(29)13-17-12-19(2-3-21(17)24)30-25-4-5-26-30/h2-7,10-12,14,20H,8-9,13,15H2,1H3/t20-/m1/s1. The van der Waals surface area contributed by atoms with Crippen molar-refractivity contribution in [2.75, 3.05) is 24.7 Å². The smallest absolute Gasteiger partial charge is 0.152 e. The molecule has 1 atom stereocenters. The van der Waals surface area contributed by atoms with E-state index in [-0.39, 0.29) is 6.04 Å². The molecule has 1 aliphatic rings. The van der Waals surface area contributed by atoms with Gasteiger partial charge < -0.3 is 9.64 Å². The van der Waals surface area contributed by atoms with Crippen LogP contribution in [0.25, 0.3) is 11.4 Å². The third kappa shape index (κ3) is 4.24. The zero-order valence-corrected chi connectivity index (χ0v) is 18.8. The lowest BCUT2D eigenvalue weighted by atomic mass is 10.0. The monoisotopic (exact) mass is 463 g/mol. The average molecular weight is 464 g/mol. The molecule has 1 fully saturated rings. The molecule has 0 radical (unpaired) electrons. The van der Waals surface area contributed by atoms with E-state index in [1.165, 1.54) is 4.80 Å². The number of morpholine rings is 1. The zero-order valence-electron chi connectivity index (χ0n) is 18.0. The van der Waals surface area contributed by atoms with E-state index in [1.807, 2.05) is 31.2 Å². The van der Waals surface area contributed by atoms with Crippen molar-refractivity contribution < 1.29 is 9.53 Å². The molecule has 2 aromatic carbocycles. The fourth-order valence-corrected chi connectivity index (χ4v) is 4.43. The number of aldehydes is 1. The fourth-order valence-electron chi connectivity index (χ4n) is 4.23. The highest BCUT2D eigenvalue weighted by molar-refractivity contribution is 6.31. The Hall–Kier alpha value is -3.56. The molecule has 33 heavy (non-hydrogen) atoms. The maximum atomic E-state index is 11.9. The van der Waals surface area contributed by atoms with Gasteiger partial charge >= 0.3 is 0 Å². The molecule has 10 heteroatoms. The quantitative estimate of drug-likeness (QED) is 0.406. The molecule has 0 spiro atoms. The fraction of sp³-hybridized carbons (Fsp3) is 0.261. The third-order valence-electron chi connectivity index (χ3n) is 5.68. The van der Waals surface area contributed by atoms with Crippen LogP contribution in [0.2, 0.25) is 5.02 Å². The number of anilines is 1. The van der Waals surface area contributed by atoms with E-state index >= 15 is 0 Å². The number of benzene rings is 2. The number of carbonyl (C=O) groups excluding carboxylic acids is 1. The van der Waals surface area contributed by atoms with Crippen LogP contribution in [0.4, 0.5) is 5.69 Å². The second-order valence-electron chi connectivity index (χ2n) is 7.88. The van der Waals surface area contributed by atoms with Gasteiger partial charge in [-0.2, -0.15) is 25.2 Å². The highest BCUT2D eigenvalue weighted by Gasteiger charge is 2.28. The molecule has 0 amide bonds. The van der Waals surface area contributed by atoms with Crippen LogP contribution in [0.5, 0.6) is 0 Å². The van der Waals surface area contributed by atoms with E-state index in [0.29, 0.717) is 42.5 Å². The van der Waals surface area contributed by atoms with Crippen molar-refractivity contribution in [1.29, 1.82) is 0 Å². The molecule has 0 saturated carbocycles. The van der Waals surface area contributed by atoms with Crippen molar-refractivity contribution in [3.8, 4) is 11.4 Å². The molecule has 9 nitrogen and oxygen atoms in total. The minimum Gasteiger partial charge on any atom is -0.377 e. The number of ether oxygens (including phenoxy) is 1. The number of hydrogen-bond acceptors (Lipinski definition) is 7. The molecule has 1 aliphatic heterocycles. The van der Waals surface area contributed by atoms with Crippen molar-refractivity contribution in [2.45, 2.75) is 19.4 Å². The second kappa shape index (κ2) is 9.13. The minimum atomic E-state index is -0.00676. The summed E-state index contributed by atoms with van der Waals surface area (Å²) in [6, 6.07) is 9.66. The summed E-state index contributed by atoms with van der Waals surface area (Å²) >= 11 is 6.58. The van der Waals surface area contributed by atoms with Crippen molar-refractivity contribution >= 4 is 23.6 Å². The molecule has 1 saturated heterocycles. The first-order valence-corrected chi connectivity index (χ1v) is 11.0. The number of rotatable bonds is 6. The number of nitrogens with zero attached hydrogens (tertiary/aromatic N) is 7. The minimum absolute atomic E-state index is 0.00676. The normalized spacial score (nSPS) is 16.2. The summed E-state index contributed by atoms with van der Waals surface area (Å²) in [4.78, 5) is 17.3. The van der Waals surface area contributed by atoms with E-state index < -0.39 is 0 Å². The summed E-state index contributed by atoms with van der Waals surface area (Å²) in [5, 5.41) is 17.7. The van der Waals surface area contributed by atoms with Gasteiger partial charge in [0.05, 0.1) is 55.4 Å². The lowest BCUT2D eigenvalue weighted by Gasteiger charge is -2.39. The highest BCUT2D eigenvalue weighted by atomic mass is 35.5. The molecule has 0 aliphatic carbocycles. The van der Waals surface area contributed by atoms with Gasteiger partial charge in [0.1, 0.15) is 5.69 Å². The lowest BCUT2D eigenvalue weighted by Crippen LogP contribution is -2.47. The summed E-state index contributed by atoms with van der Waals surface area (Å²) in [6.07, 6.45) is 7.97. The molecule has 5 rings (SSSR count). The largest absolute Gasteiger partial charge is 0.377 e. The van der Waals surface area contributed by atoms with Crippen molar-refractivity contribution in [2.24, 2.45) is 0 Å². The Morgan fingerprint density at radius 3 is 2.52 bits per heavy atom.